The first kappa shape index (κ1) is 16.2. The third-order valence-electron chi connectivity index (χ3n) is 2.87. The number of aromatic nitrogens is 1. The van der Waals surface area contributed by atoms with Crippen molar-refractivity contribution in [3.63, 3.8) is 0 Å². The summed E-state index contributed by atoms with van der Waals surface area (Å²) in [6, 6.07) is 8.53. The molecule has 5 nitrogen and oxygen atoms in total. The van der Waals surface area contributed by atoms with E-state index in [9.17, 15) is 8.42 Å². The second-order valence-electron chi connectivity index (χ2n) is 4.38. The van der Waals surface area contributed by atoms with Gasteiger partial charge in [-0.25, -0.2) is 13.1 Å². The van der Waals surface area contributed by atoms with Gasteiger partial charge in [-0.05, 0) is 30.7 Å². The zero-order valence-electron chi connectivity index (χ0n) is 11.5. The lowest BCUT2D eigenvalue weighted by molar-refractivity contribution is 0.147. The Morgan fingerprint density at radius 3 is 2.86 bits per heavy atom. The van der Waals surface area contributed by atoms with Gasteiger partial charge < -0.3 is 4.74 Å². The zero-order chi connectivity index (χ0) is 15.1. The first-order valence-corrected chi connectivity index (χ1v) is 8.64. The monoisotopic (exact) mass is 328 g/mol. The van der Waals surface area contributed by atoms with Crippen molar-refractivity contribution < 1.29 is 13.2 Å². The average Bonchev–Trinajstić information content (AvgIpc) is 2.50. The number of benzene rings is 1. The van der Waals surface area contributed by atoms with Crippen LogP contribution in [0, 0.1) is 0 Å². The fraction of sp³-hybridized carbons (Fsp3) is 0.357. The molecule has 0 fully saturated rings. The van der Waals surface area contributed by atoms with E-state index >= 15 is 0 Å². The number of nitrogens with zero attached hydrogens (tertiary/aromatic N) is 1. The summed E-state index contributed by atoms with van der Waals surface area (Å²) in [6.07, 6.45) is 2.24. The molecule has 0 aliphatic heterocycles. The summed E-state index contributed by atoms with van der Waals surface area (Å²) in [5.74, 6) is 0.439. The Labute approximate surface area is 129 Å². The second kappa shape index (κ2) is 7.70. The van der Waals surface area contributed by atoms with Gasteiger partial charge >= 0.3 is 0 Å². The lowest BCUT2D eigenvalue weighted by atomic mass is 10.2. The Balaban J connectivity index is 2.05. The molecule has 0 unspecified atom stereocenters. The molecule has 2 aromatic rings. The molecule has 114 valence electrons. The van der Waals surface area contributed by atoms with Crippen molar-refractivity contribution in [2.75, 3.05) is 25.6 Å². The largest absolute Gasteiger partial charge is 0.380 e. The molecule has 0 aliphatic rings. The van der Waals surface area contributed by atoms with Gasteiger partial charge in [0.25, 0.3) is 0 Å². The number of hydrogen-bond acceptors (Lipinski definition) is 4. The fourth-order valence-corrected chi connectivity index (χ4v) is 3.32. The van der Waals surface area contributed by atoms with Crippen molar-refractivity contribution in [1.82, 2.24) is 9.71 Å². The van der Waals surface area contributed by atoms with Gasteiger partial charge in [0.1, 0.15) is 0 Å². The van der Waals surface area contributed by atoms with Crippen LogP contribution in [0.3, 0.4) is 0 Å². The zero-order valence-corrected chi connectivity index (χ0v) is 13.0. The molecule has 0 saturated carbocycles. The maximum absolute atomic E-state index is 12.3. The molecule has 21 heavy (non-hydrogen) atoms. The van der Waals surface area contributed by atoms with Crippen molar-refractivity contribution in [2.45, 2.75) is 11.3 Å². The number of nitrogens with one attached hydrogen (secondary N) is 1. The van der Waals surface area contributed by atoms with Crippen LogP contribution in [-0.4, -0.2) is 39.0 Å². The molecule has 0 spiro atoms. The fourth-order valence-electron chi connectivity index (χ4n) is 1.92. The van der Waals surface area contributed by atoms with Crippen LogP contribution in [0.5, 0.6) is 0 Å². The van der Waals surface area contributed by atoms with Gasteiger partial charge in [0.15, 0.2) is 0 Å². The summed E-state index contributed by atoms with van der Waals surface area (Å²) in [6.45, 7) is 1.27. The molecule has 0 atom stereocenters. The second-order valence-corrected chi connectivity index (χ2v) is 6.49. The smallest absolute Gasteiger partial charge is 0.241 e. The molecular formula is C14H17ClN2O3S. The van der Waals surface area contributed by atoms with Crippen LogP contribution in [0.1, 0.15) is 6.42 Å². The maximum Gasteiger partial charge on any atom is 0.241 e. The van der Waals surface area contributed by atoms with Crippen molar-refractivity contribution in [3.05, 3.63) is 36.5 Å². The lowest BCUT2D eigenvalue weighted by Crippen LogP contribution is -2.25. The van der Waals surface area contributed by atoms with E-state index in [2.05, 4.69) is 9.71 Å². The van der Waals surface area contributed by atoms with Crippen molar-refractivity contribution in [2.24, 2.45) is 0 Å². The van der Waals surface area contributed by atoms with Crippen LogP contribution >= 0.6 is 11.6 Å². The van der Waals surface area contributed by atoms with E-state index in [-0.39, 0.29) is 4.90 Å². The topological polar surface area (TPSA) is 68.3 Å². The predicted octanol–water partition coefficient (Wildman–Crippen LogP) is 2.16. The predicted molar refractivity (Wildman–Crippen MR) is 83.1 cm³/mol. The van der Waals surface area contributed by atoms with Crippen molar-refractivity contribution >= 4 is 32.5 Å². The lowest BCUT2D eigenvalue weighted by Gasteiger charge is -2.09. The SMILES string of the molecule is O=S(=O)(NCCCOCCCl)c1cccc2ncccc12. The molecule has 1 aromatic carbocycles. The number of pyridine rings is 1. The first-order chi connectivity index (χ1) is 10.1. The average molecular weight is 329 g/mol. The number of rotatable bonds is 8. The normalized spacial score (nSPS) is 11.9. The van der Waals surface area contributed by atoms with Gasteiger partial charge in [0, 0.05) is 30.6 Å². The van der Waals surface area contributed by atoms with Crippen LogP contribution in [0.4, 0.5) is 0 Å². The third-order valence-corrected chi connectivity index (χ3v) is 4.55. The van der Waals surface area contributed by atoms with E-state index in [1.54, 1.807) is 36.5 Å². The Morgan fingerprint density at radius 1 is 1.19 bits per heavy atom. The van der Waals surface area contributed by atoms with E-state index in [1.165, 1.54) is 0 Å². The molecular weight excluding hydrogens is 312 g/mol. The molecule has 1 heterocycles. The molecule has 0 aliphatic carbocycles. The van der Waals surface area contributed by atoms with Crippen LogP contribution in [0.15, 0.2) is 41.4 Å². The Bertz CT molecular complexity index is 686. The number of halogens is 1. The minimum Gasteiger partial charge on any atom is -0.380 e. The van der Waals surface area contributed by atoms with Gasteiger partial charge in [-0.3, -0.25) is 4.98 Å². The summed E-state index contributed by atoms with van der Waals surface area (Å²) in [7, 11) is -3.55. The van der Waals surface area contributed by atoms with Crippen LogP contribution in [0.25, 0.3) is 10.9 Å². The van der Waals surface area contributed by atoms with E-state index in [0.29, 0.717) is 43.0 Å². The van der Waals surface area contributed by atoms with Crippen molar-refractivity contribution in [3.8, 4) is 0 Å². The molecule has 2 rings (SSSR count). The highest BCUT2D eigenvalue weighted by atomic mass is 35.5. The van der Waals surface area contributed by atoms with Crippen LogP contribution < -0.4 is 4.72 Å². The van der Waals surface area contributed by atoms with E-state index < -0.39 is 10.0 Å². The van der Waals surface area contributed by atoms with Gasteiger partial charge in [-0.15, -0.1) is 11.6 Å². The number of fused-ring (bicyclic) bond motifs is 1. The first-order valence-electron chi connectivity index (χ1n) is 6.62. The molecule has 1 N–H and O–H groups in total. The minimum absolute atomic E-state index is 0.245. The van der Waals surface area contributed by atoms with Crippen LogP contribution in [0.2, 0.25) is 0 Å². The highest BCUT2D eigenvalue weighted by molar-refractivity contribution is 7.89. The number of alkyl halides is 1. The molecule has 0 bridgehead atoms. The molecule has 0 amide bonds. The molecule has 7 heteroatoms. The van der Waals surface area contributed by atoms with E-state index in [0.717, 1.165) is 0 Å². The van der Waals surface area contributed by atoms with Crippen LogP contribution in [-0.2, 0) is 14.8 Å². The third kappa shape index (κ3) is 4.38. The van der Waals surface area contributed by atoms with Gasteiger partial charge in [-0.1, -0.05) is 6.07 Å². The number of sulfonamides is 1. The Hall–Kier alpha value is -1.21. The van der Waals surface area contributed by atoms with Crippen molar-refractivity contribution in [1.29, 1.82) is 0 Å². The number of hydrogen-bond donors (Lipinski definition) is 1. The summed E-state index contributed by atoms with van der Waals surface area (Å²) in [5, 5.41) is 0.617. The molecule has 0 saturated heterocycles. The Morgan fingerprint density at radius 2 is 2.05 bits per heavy atom. The van der Waals surface area contributed by atoms with E-state index in [1.807, 2.05) is 0 Å². The minimum atomic E-state index is -3.55. The summed E-state index contributed by atoms with van der Waals surface area (Å²) in [5.41, 5.74) is 0.658. The highest BCUT2D eigenvalue weighted by Gasteiger charge is 2.16. The van der Waals surface area contributed by atoms with Gasteiger partial charge in [-0.2, -0.15) is 0 Å². The summed E-state index contributed by atoms with van der Waals surface area (Å²) < 4.78 is 32.4. The van der Waals surface area contributed by atoms with Gasteiger partial charge in [0.2, 0.25) is 10.0 Å². The molecule has 0 radical (unpaired) electrons. The Kier molecular flexibility index (Phi) is 5.93. The quantitative estimate of drug-likeness (QED) is 0.595. The number of ether oxygens (including phenoxy) is 1. The summed E-state index contributed by atoms with van der Waals surface area (Å²) in [4.78, 5) is 4.41. The summed E-state index contributed by atoms with van der Waals surface area (Å²) >= 11 is 5.48. The highest BCUT2D eigenvalue weighted by Crippen LogP contribution is 2.20. The standard InChI is InChI=1S/C14H17ClN2O3S/c15-7-11-20-10-3-9-17-21(18,19)14-6-1-5-13-12(14)4-2-8-16-13/h1-2,4-6,8,17H,3,7,9-11H2. The maximum atomic E-state index is 12.3. The van der Waals surface area contributed by atoms with E-state index in [4.69, 9.17) is 16.3 Å². The van der Waals surface area contributed by atoms with Gasteiger partial charge in [0.05, 0.1) is 17.0 Å². The molecule has 1 aromatic heterocycles.